The maximum atomic E-state index is 12.1. The molecule has 1 N–H and O–H groups in total. The fraction of sp³-hybridized carbons (Fsp3) is 0.190. The molecule has 0 atom stereocenters. The first kappa shape index (κ1) is 18.5. The fourth-order valence-electron chi connectivity index (χ4n) is 2.45. The van der Waals surface area contributed by atoms with Crippen LogP contribution in [-0.4, -0.2) is 36.1 Å². The van der Waals surface area contributed by atoms with Crippen molar-refractivity contribution in [3.63, 3.8) is 0 Å². The van der Waals surface area contributed by atoms with Crippen molar-refractivity contribution in [2.45, 2.75) is 6.42 Å². The lowest BCUT2D eigenvalue weighted by Gasteiger charge is -2.07. The highest BCUT2D eigenvalue weighted by atomic mass is 16.5. The standard InChI is InChI=1S/C21H21N3O3/c1-26-13-5-12-22-20(25)17-10-8-16(9-11-17)18-14-23-21(24-15-18)27-19-6-3-2-4-7-19/h2-4,6-11,14-15H,5,12-13H2,1H3,(H,22,25). The number of para-hydroxylation sites is 1. The predicted molar refractivity (Wildman–Crippen MR) is 103 cm³/mol. The van der Waals surface area contributed by atoms with Crippen LogP contribution in [0.3, 0.4) is 0 Å². The molecule has 0 radical (unpaired) electrons. The van der Waals surface area contributed by atoms with E-state index >= 15 is 0 Å². The average Bonchev–Trinajstić information content (AvgIpc) is 2.72. The van der Waals surface area contributed by atoms with Crippen molar-refractivity contribution >= 4 is 5.91 Å². The van der Waals surface area contributed by atoms with E-state index in [-0.39, 0.29) is 11.9 Å². The van der Waals surface area contributed by atoms with Crippen LogP contribution in [-0.2, 0) is 4.74 Å². The van der Waals surface area contributed by atoms with Gasteiger partial charge in [-0.3, -0.25) is 4.79 Å². The van der Waals surface area contributed by atoms with Crippen molar-refractivity contribution in [1.82, 2.24) is 15.3 Å². The minimum Gasteiger partial charge on any atom is -0.424 e. The van der Waals surface area contributed by atoms with Crippen molar-refractivity contribution in [1.29, 1.82) is 0 Å². The summed E-state index contributed by atoms with van der Waals surface area (Å²) in [5, 5.41) is 2.86. The Labute approximate surface area is 158 Å². The topological polar surface area (TPSA) is 73.3 Å². The molecule has 0 bridgehead atoms. The quantitative estimate of drug-likeness (QED) is 0.618. The van der Waals surface area contributed by atoms with E-state index in [1.165, 1.54) is 0 Å². The van der Waals surface area contributed by atoms with Crippen LogP contribution >= 0.6 is 0 Å². The average molecular weight is 363 g/mol. The highest BCUT2D eigenvalue weighted by molar-refractivity contribution is 5.94. The molecule has 6 nitrogen and oxygen atoms in total. The molecule has 1 amide bonds. The highest BCUT2D eigenvalue weighted by Crippen LogP contribution is 2.21. The van der Waals surface area contributed by atoms with Crippen LogP contribution in [0.5, 0.6) is 11.8 Å². The molecule has 2 aromatic carbocycles. The van der Waals surface area contributed by atoms with Crippen LogP contribution < -0.4 is 10.1 Å². The number of ether oxygens (including phenoxy) is 2. The molecular weight excluding hydrogens is 342 g/mol. The molecule has 0 fully saturated rings. The number of carbonyl (C=O) groups excluding carboxylic acids is 1. The van der Waals surface area contributed by atoms with E-state index in [0.29, 0.717) is 24.5 Å². The van der Waals surface area contributed by atoms with Gasteiger partial charge in [0.05, 0.1) is 0 Å². The Morgan fingerprint density at radius 3 is 2.33 bits per heavy atom. The van der Waals surface area contributed by atoms with E-state index in [1.807, 2.05) is 42.5 Å². The van der Waals surface area contributed by atoms with Gasteiger partial charge in [0, 0.05) is 43.8 Å². The van der Waals surface area contributed by atoms with Crippen LogP contribution in [0.25, 0.3) is 11.1 Å². The van der Waals surface area contributed by atoms with Crippen LogP contribution in [0.1, 0.15) is 16.8 Å². The Balaban J connectivity index is 1.60. The van der Waals surface area contributed by atoms with E-state index in [4.69, 9.17) is 9.47 Å². The van der Waals surface area contributed by atoms with E-state index in [1.54, 1.807) is 31.6 Å². The summed E-state index contributed by atoms with van der Waals surface area (Å²) >= 11 is 0. The van der Waals surface area contributed by atoms with E-state index in [2.05, 4.69) is 15.3 Å². The second kappa shape index (κ2) is 9.45. The maximum Gasteiger partial charge on any atom is 0.321 e. The Hall–Kier alpha value is -3.25. The van der Waals surface area contributed by atoms with E-state index < -0.39 is 0 Å². The number of hydrogen-bond acceptors (Lipinski definition) is 5. The predicted octanol–water partition coefficient (Wildman–Crippen LogP) is 3.70. The van der Waals surface area contributed by atoms with Gasteiger partial charge in [0.15, 0.2) is 0 Å². The van der Waals surface area contributed by atoms with Crippen molar-refractivity contribution in [2.75, 3.05) is 20.3 Å². The number of rotatable bonds is 8. The molecule has 0 spiro atoms. The van der Waals surface area contributed by atoms with E-state index in [0.717, 1.165) is 17.5 Å². The summed E-state index contributed by atoms with van der Waals surface area (Å²) in [6.07, 6.45) is 4.19. The molecule has 27 heavy (non-hydrogen) atoms. The third-order valence-electron chi connectivity index (χ3n) is 3.87. The normalized spacial score (nSPS) is 10.4. The zero-order valence-electron chi connectivity index (χ0n) is 15.1. The lowest BCUT2D eigenvalue weighted by molar-refractivity contribution is 0.0948. The number of aromatic nitrogens is 2. The largest absolute Gasteiger partial charge is 0.424 e. The summed E-state index contributed by atoms with van der Waals surface area (Å²) in [6, 6.07) is 17.0. The van der Waals surface area contributed by atoms with Crippen LogP contribution in [0, 0.1) is 0 Å². The third-order valence-corrected chi connectivity index (χ3v) is 3.87. The first-order chi connectivity index (χ1) is 13.3. The molecule has 0 saturated heterocycles. The maximum absolute atomic E-state index is 12.1. The summed E-state index contributed by atoms with van der Waals surface area (Å²) in [5.74, 6) is 0.589. The highest BCUT2D eigenvalue weighted by Gasteiger charge is 2.07. The molecule has 0 saturated carbocycles. The number of amides is 1. The van der Waals surface area contributed by atoms with Gasteiger partial charge in [0.1, 0.15) is 5.75 Å². The molecule has 0 aliphatic heterocycles. The summed E-state index contributed by atoms with van der Waals surface area (Å²) in [6.45, 7) is 1.22. The number of benzene rings is 2. The molecule has 1 heterocycles. The third kappa shape index (κ3) is 5.36. The number of methoxy groups -OCH3 is 1. The zero-order valence-corrected chi connectivity index (χ0v) is 15.1. The smallest absolute Gasteiger partial charge is 0.321 e. The van der Waals surface area contributed by atoms with Crippen LogP contribution in [0.4, 0.5) is 0 Å². The number of nitrogens with one attached hydrogen (secondary N) is 1. The van der Waals surface area contributed by atoms with Gasteiger partial charge in [-0.05, 0) is 36.2 Å². The number of carbonyl (C=O) groups is 1. The molecule has 0 aliphatic rings. The Morgan fingerprint density at radius 1 is 0.963 bits per heavy atom. The van der Waals surface area contributed by atoms with Crippen molar-refractivity contribution < 1.29 is 14.3 Å². The van der Waals surface area contributed by atoms with Gasteiger partial charge in [-0.15, -0.1) is 0 Å². The second-order valence-electron chi connectivity index (χ2n) is 5.85. The number of hydrogen-bond donors (Lipinski definition) is 1. The summed E-state index contributed by atoms with van der Waals surface area (Å²) in [5.41, 5.74) is 2.39. The zero-order chi connectivity index (χ0) is 18.9. The minimum atomic E-state index is -0.0967. The van der Waals surface area contributed by atoms with Crippen molar-refractivity contribution in [2.24, 2.45) is 0 Å². The first-order valence-corrected chi connectivity index (χ1v) is 8.69. The lowest BCUT2D eigenvalue weighted by atomic mass is 10.1. The monoisotopic (exact) mass is 363 g/mol. The molecule has 0 aliphatic carbocycles. The summed E-state index contributed by atoms with van der Waals surface area (Å²) in [7, 11) is 1.64. The van der Waals surface area contributed by atoms with Crippen LogP contribution in [0.15, 0.2) is 67.0 Å². The van der Waals surface area contributed by atoms with Crippen LogP contribution in [0.2, 0.25) is 0 Å². The number of nitrogens with zero attached hydrogens (tertiary/aromatic N) is 2. The van der Waals surface area contributed by atoms with Gasteiger partial charge >= 0.3 is 6.01 Å². The van der Waals surface area contributed by atoms with E-state index in [9.17, 15) is 4.79 Å². The first-order valence-electron chi connectivity index (χ1n) is 8.69. The lowest BCUT2D eigenvalue weighted by Crippen LogP contribution is -2.25. The molecule has 1 aromatic heterocycles. The molecular formula is C21H21N3O3. The molecule has 138 valence electrons. The Morgan fingerprint density at radius 2 is 1.67 bits per heavy atom. The van der Waals surface area contributed by atoms with Gasteiger partial charge in [0.25, 0.3) is 5.91 Å². The Kier molecular flexibility index (Phi) is 6.49. The second-order valence-corrected chi connectivity index (χ2v) is 5.85. The van der Waals surface area contributed by atoms with Gasteiger partial charge in [-0.25, -0.2) is 9.97 Å². The fourth-order valence-corrected chi connectivity index (χ4v) is 2.45. The minimum absolute atomic E-state index is 0.0967. The SMILES string of the molecule is COCCCNC(=O)c1ccc(-c2cnc(Oc3ccccc3)nc2)cc1. The van der Waals surface area contributed by atoms with Crippen molar-refractivity contribution in [3.8, 4) is 22.9 Å². The van der Waals surface area contributed by atoms with Crippen molar-refractivity contribution in [3.05, 3.63) is 72.6 Å². The molecule has 3 aromatic rings. The summed E-state index contributed by atoms with van der Waals surface area (Å²) in [4.78, 5) is 20.6. The molecule has 6 heteroatoms. The Bertz CT molecular complexity index is 850. The van der Waals surface area contributed by atoms with Gasteiger partial charge in [0.2, 0.25) is 0 Å². The molecule has 3 rings (SSSR count). The van der Waals surface area contributed by atoms with Gasteiger partial charge in [-0.2, -0.15) is 0 Å². The molecule has 0 unspecified atom stereocenters. The summed E-state index contributed by atoms with van der Waals surface area (Å²) < 4.78 is 10.6. The van der Waals surface area contributed by atoms with Gasteiger partial charge < -0.3 is 14.8 Å². The van der Waals surface area contributed by atoms with Gasteiger partial charge in [-0.1, -0.05) is 30.3 Å².